The maximum absolute atomic E-state index is 10.9. The van der Waals surface area contributed by atoms with Crippen LogP contribution >= 0.6 is 11.6 Å². The zero-order valence-corrected chi connectivity index (χ0v) is 10.3. The van der Waals surface area contributed by atoms with Gasteiger partial charge in [0, 0.05) is 13.6 Å². The molecule has 0 aliphatic carbocycles. The Labute approximate surface area is 101 Å². The van der Waals surface area contributed by atoms with Crippen LogP contribution in [-0.4, -0.2) is 25.0 Å². The van der Waals surface area contributed by atoms with E-state index >= 15 is 0 Å². The first-order valence-electron chi connectivity index (χ1n) is 5.28. The zero-order chi connectivity index (χ0) is 12.0. The maximum atomic E-state index is 10.9. The highest BCUT2D eigenvalue weighted by molar-refractivity contribution is 6.33. The van der Waals surface area contributed by atoms with Gasteiger partial charge in [-0.05, 0) is 12.5 Å². The van der Waals surface area contributed by atoms with Gasteiger partial charge in [-0.15, -0.1) is 0 Å². The van der Waals surface area contributed by atoms with Crippen molar-refractivity contribution in [1.29, 1.82) is 0 Å². The fourth-order valence-electron chi connectivity index (χ4n) is 1.32. The molecule has 0 radical (unpaired) electrons. The molecule has 0 saturated carbocycles. The minimum Gasteiger partial charge on any atom is -0.387 e. The van der Waals surface area contributed by atoms with Crippen molar-refractivity contribution in [2.24, 2.45) is 0 Å². The molecule has 0 aliphatic rings. The summed E-state index contributed by atoms with van der Waals surface area (Å²) in [4.78, 5) is 16.6. The topological polar surface area (TPSA) is 45.2 Å². The van der Waals surface area contributed by atoms with Crippen LogP contribution in [0.3, 0.4) is 0 Å². The maximum Gasteiger partial charge on any atom is 0.215 e. The number of aromatic nitrogens is 1. The number of rotatable bonds is 6. The molecular formula is C11H16ClN3O. The number of halogens is 1. The van der Waals surface area contributed by atoms with E-state index in [1.54, 1.807) is 19.3 Å². The van der Waals surface area contributed by atoms with Gasteiger partial charge in [-0.1, -0.05) is 24.9 Å². The SMILES string of the molecule is CCCCN(C=O)c1ncc(NC)cc1Cl. The molecule has 0 fully saturated rings. The molecule has 0 aliphatic heterocycles. The van der Waals surface area contributed by atoms with Crippen molar-refractivity contribution in [1.82, 2.24) is 4.98 Å². The van der Waals surface area contributed by atoms with Crippen molar-refractivity contribution < 1.29 is 4.79 Å². The van der Waals surface area contributed by atoms with Crippen LogP contribution in [0.15, 0.2) is 12.3 Å². The molecule has 1 aromatic heterocycles. The molecule has 0 bridgehead atoms. The van der Waals surface area contributed by atoms with E-state index in [-0.39, 0.29) is 0 Å². The van der Waals surface area contributed by atoms with Gasteiger partial charge in [0.05, 0.1) is 16.9 Å². The van der Waals surface area contributed by atoms with E-state index in [1.807, 2.05) is 0 Å². The molecular weight excluding hydrogens is 226 g/mol. The highest BCUT2D eigenvalue weighted by Gasteiger charge is 2.10. The van der Waals surface area contributed by atoms with Crippen molar-refractivity contribution in [2.45, 2.75) is 19.8 Å². The average molecular weight is 242 g/mol. The Kier molecular flexibility index (Phi) is 5.05. The summed E-state index contributed by atoms with van der Waals surface area (Å²) < 4.78 is 0. The van der Waals surface area contributed by atoms with Crippen molar-refractivity contribution in [3.05, 3.63) is 17.3 Å². The first-order chi connectivity index (χ1) is 7.72. The van der Waals surface area contributed by atoms with Crippen molar-refractivity contribution in [2.75, 3.05) is 23.8 Å². The summed E-state index contributed by atoms with van der Waals surface area (Å²) in [6.45, 7) is 2.72. The Hall–Kier alpha value is -1.29. The van der Waals surface area contributed by atoms with Crippen LogP contribution < -0.4 is 10.2 Å². The quantitative estimate of drug-likeness (QED) is 0.779. The van der Waals surface area contributed by atoms with Crippen LogP contribution in [0, 0.1) is 0 Å². The summed E-state index contributed by atoms with van der Waals surface area (Å²) in [5, 5.41) is 3.42. The second-order valence-electron chi connectivity index (χ2n) is 3.43. The van der Waals surface area contributed by atoms with E-state index in [1.165, 1.54) is 4.90 Å². The van der Waals surface area contributed by atoms with Crippen LogP contribution in [0.5, 0.6) is 0 Å². The number of nitrogens with zero attached hydrogens (tertiary/aromatic N) is 2. The van der Waals surface area contributed by atoms with Gasteiger partial charge in [-0.3, -0.25) is 9.69 Å². The van der Waals surface area contributed by atoms with Crippen LogP contribution in [0.4, 0.5) is 11.5 Å². The molecule has 1 aromatic rings. The number of amides is 1. The molecule has 16 heavy (non-hydrogen) atoms. The monoisotopic (exact) mass is 241 g/mol. The highest BCUT2D eigenvalue weighted by atomic mass is 35.5. The summed E-state index contributed by atoms with van der Waals surface area (Å²) in [7, 11) is 1.79. The third-order valence-electron chi connectivity index (χ3n) is 2.26. The second-order valence-corrected chi connectivity index (χ2v) is 3.84. The Morgan fingerprint density at radius 1 is 1.62 bits per heavy atom. The number of unbranched alkanes of at least 4 members (excludes halogenated alkanes) is 1. The van der Waals surface area contributed by atoms with Gasteiger partial charge in [0.1, 0.15) is 0 Å². The molecule has 1 N–H and O–H groups in total. The molecule has 0 saturated heterocycles. The van der Waals surface area contributed by atoms with Crippen molar-refractivity contribution >= 4 is 29.5 Å². The third-order valence-corrected chi connectivity index (χ3v) is 2.54. The standard InChI is InChI=1S/C11H16ClN3O/c1-3-4-5-15(8-16)11-10(12)6-9(13-2)7-14-11/h6-8,13H,3-5H2,1-2H3. The Balaban J connectivity index is 2.87. The lowest BCUT2D eigenvalue weighted by Crippen LogP contribution is -2.23. The number of hydrogen-bond acceptors (Lipinski definition) is 3. The predicted molar refractivity (Wildman–Crippen MR) is 67.1 cm³/mol. The summed E-state index contributed by atoms with van der Waals surface area (Å²) in [5.41, 5.74) is 0.829. The van der Waals surface area contributed by atoms with Gasteiger partial charge < -0.3 is 5.32 Å². The first kappa shape index (κ1) is 12.8. The smallest absolute Gasteiger partial charge is 0.215 e. The number of hydrogen-bond donors (Lipinski definition) is 1. The molecule has 1 heterocycles. The molecule has 88 valence electrons. The predicted octanol–water partition coefficient (Wildman–Crippen LogP) is 2.54. The Bertz CT molecular complexity index is 357. The number of nitrogens with one attached hydrogen (secondary N) is 1. The summed E-state index contributed by atoms with van der Waals surface area (Å²) in [6, 6.07) is 1.76. The fourth-order valence-corrected chi connectivity index (χ4v) is 1.59. The van der Waals surface area contributed by atoms with Gasteiger partial charge in [0.15, 0.2) is 5.82 Å². The van der Waals surface area contributed by atoms with Crippen molar-refractivity contribution in [3.8, 4) is 0 Å². The second kappa shape index (κ2) is 6.33. The molecule has 1 amide bonds. The lowest BCUT2D eigenvalue weighted by Gasteiger charge is -2.17. The van der Waals surface area contributed by atoms with E-state index in [4.69, 9.17) is 11.6 Å². The van der Waals surface area contributed by atoms with Crippen molar-refractivity contribution in [3.63, 3.8) is 0 Å². The first-order valence-corrected chi connectivity index (χ1v) is 5.66. The normalized spacial score (nSPS) is 9.94. The number of carbonyl (C=O) groups is 1. The molecule has 0 aromatic carbocycles. The number of pyridine rings is 1. The van der Waals surface area contributed by atoms with E-state index in [9.17, 15) is 4.79 Å². The molecule has 5 heteroatoms. The summed E-state index contributed by atoms with van der Waals surface area (Å²) in [5.74, 6) is 0.518. The minimum absolute atomic E-state index is 0.482. The van der Waals surface area contributed by atoms with Gasteiger partial charge in [-0.2, -0.15) is 0 Å². The van der Waals surface area contributed by atoms with Crippen LogP contribution in [0.2, 0.25) is 5.02 Å². The largest absolute Gasteiger partial charge is 0.387 e. The highest BCUT2D eigenvalue weighted by Crippen LogP contribution is 2.25. The molecule has 0 spiro atoms. The number of anilines is 2. The van der Waals surface area contributed by atoms with Gasteiger partial charge in [0.2, 0.25) is 6.41 Å². The average Bonchev–Trinajstić information content (AvgIpc) is 2.31. The van der Waals surface area contributed by atoms with Gasteiger partial charge >= 0.3 is 0 Å². The van der Waals surface area contributed by atoms with Gasteiger partial charge in [0.25, 0.3) is 0 Å². The Morgan fingerprint density at radius 3 is 2.88 bits per heavy atom. The summed E-state index contributed by atoms with van der Waals surface area (Å²) in [6.07, 6.45) is 4.38. The lowest BCUT2D eigenvalue weighted by molar-refractivity contribution is -0.107. The zero-order valence-electron chi connectivity index (χ0n) is 9.53. The molecule has 0 atom stereocenters. The van der Waals surface area contributed by atoms with E-state index in [0.29, 0.717) is 17.4 Å². The molecule has 0 unspecified atom stereocenters. The van der Waals surface area contributed by atoms with Crippen LogP contribution in [0.1, 0.15) is 19.8 Å². The number of carbonyl (C=O) groups excluding carboxylic acids is 1. The van der Waals surface area contributed by atoms with E-state index in [0.717, 1.165) is 24.9 Å². The van der Waals surface area contributed by atoms with Gasteiger partial charge in [-0.25, -0.2) is 4.98 Å². The fraction of sp³-hybridized carbons (Fsp3) is 0.455. The Morgan fingerprint density at radius 2 is 2.38 bits per heavy atom. The van der Waals surface area contributed by atoms with E-state index < -0.39 is 0 Å². The molecule has 1 rings (SSSR count). The lowest BCUT2D eigenvalue weighted by atomic mass is 10.3. The van der Waals surface area contributed by atoms with Crippen LogP contribution in [0.25, 0.3) is 0 Å². The molecule has 4 nitrogen and oxygen atoms in total. The minimum atomic E-state index is 0.482. The summed E-state index contributed by atoms with van der Waals surface area (Å²) >= 11 is 6.06. The van der Waals surface area contributed by atoms with Crippen LogP contribution in [-0.2, 0) is 4.79 Å². The van der Waals surface area contributed by atoms with E-state index in [2.05, 4.69) is 17.2 Å². The third kappa shape index (κ3) is 3.10.